The predicted octanol–water partition coefficient (Wildman–Crippen LogP) is 2.52. The summed E-state index contributed by atoms with van der Waals surface area (Å²) in [7, 11) is 0. The van der Waals surface area contributed by atoms with E-state index >= 15 is 0 Å². The Hall–Kier alpha value is -0.820. The van der Waals surface area contributed by atoms with Gasteiger partial charge in [0, 0.05) is 3.57 Å². The van der Waals surface area contributed by atoms with Crippen LogP contribution in [0.1, 0.15) is 10.5 Å². The second-order valence-electron chi connectivity index (χ2n) is 2.69. The van der Waals surface area contributed by atoms with Crippen LogP contribution in [-0.2, 0) is 0 Å². The van der Waals surface area contributed by atoms with Crippen molar-refractivity contribution >= 4 is 51.1 Å². The van der Waals surface area contributed by atoms with Gasteiger partial charge in [0.15, 0.2) is 5.69 Å². The highest BCUT2D eigenvalue weighted by Gasteiger charge is 2.15. The maximum absolute atomic E-state index is 10.8. The number of H-pyrrole nitrogens is 1. The molecular weight excluding hydrogens is 318 g/mol. The average Bonchev–Trinajstić information content (AvgIpc) is 2.47. The number of halogens is 2. The van der Waals surface area contributed by atoms with E-state index in [2.05, 4.69) is 32.8 Å². The highest BCUT2D eigenvalue weighted by Crippen LogP contribution is 2.27. The molecule has 0 spiro atoms. The Bertz CT molecular complexity index is 523. The van der Waals surface area contributed by atoms with Crippen LogP contribution >= 0.6 is 34.2 Å². The summed E-state index contributed by atoms with van der Waals surface area (Å²) in [5, 5.41) is 16.0. The van der Waals surface area contributed by atoms with Crippen LogP contribution in [0.5, 0.6) is 0 Å². The van der Waals surface area contributed by atoms with Crippen molar-refractivity contribution in [2.45, 2.75) is 0 Å². The summed E-state index contributed by atoms with van der Waals surface area (Å²) in [6.45, 7) is 0. The third-order valence-electron chi connectivity index (χ3n) is 1.78. The molecular formula is C8H4ClIN2O2. The van der Waals surface area contributed by atoms with Crippen molar-refractivity contribution in [3.05, 3.63) is 26.4 Å². The van der Waals surface area contributed by atoms with Gasteiger partial charge in [-0.3, -0.25) is 5.10 Å². The molecule has 2 aromatic rings. The number of aromatic nitrogens is 2. The third-order valence-corrected chi connectivity index (χ3v) is 2.70. The molecule has 0 amide bonds. The minimum absolute atomic E-state index is 0.0404. The molecule has 2 N–H and O–H groups in total. The van der Waals surface area contributed by atoms with Crippen molar-refractivity contribution < 1.29 is 9.90 Å². The molecule has 0 atom stereocenters. The van der Waals surface area contributed by atoms with Crippen LogP contribution in [0.15, 0.2) is 12.1 Å². The molecule has 0 aliphatic rings. The summed E-state index contributed by atoms with van der Waals surface area (Å²) >= 11 is 8.03. The Balaban J connectivity index is 2.85. The number of hydrogen-bond donors (Lipinski definition) is 2. The zero-order valence-corrected chi connectivity index (χ0v) is 9.63. The Morgan fingerprint density at radius 2 is 2.29 bits per heavy atom. The molecule has 0 saturated heterocycles. The van der Waals surface area contributed by atoms with E-state index in [9.17, 15) is 4.79 Å². The number of aromatic amines is 1. The lowest BCUT2D eigenvalue weighted by atomic mass is 10.2. The SMILES string of the molecule is O=C(O)c1n[nH]c2cc(I)cc(Cl)c12. The van der Waals surface area contributed by atoms with Crippen LogP contribution in [0.4, 0.5) is 0 Å². The standard InChI is InChI=1S/C8H4ClIN2O2/c9-4-1-3(10)2-5-6(4)7(8(13)14)12-11-5/h1-2H,(H,11,12)(H,13,14). The number of fused-ring (bicyclic) bond motifs is 1. The summed E-state index contributed by atoms with van der Waals surface area (Å²) in [5.41, 5.74) is 0.598. The van der Waals surface area contributed by atoms with Crippen molar-refractivity contribution in [2.24, 2.45) is 0 Å². The molecule has 2 rings (SSSR count). The Morgan fingerprint density at radius 1 is 1.57 bits per heavy atom. The quantitative estimate of drug-likeness (QED) is 0.793. The molecule has 1 aromatic carbocycles. The summed E-state index contributed by atoms with van der Waals surface area (Å²) in [4.78, 5) is 10.8. The molecule has 0 saturated carbocycles. The lowest BCUT2D eigenvalue weighted by Gasteiger charge is -1.95. The maximum atomic E-state index is 10.8. The van der Waals surface area contributed by atoms with Gasteiger partial charge in [-0.2, -0.15) is 5.10 Å². The lowest BCUT2D eigenvalue weighted by molar-refractivity contribution is 0.0692. The van der Waals surface area contributed by atoms with E-state index < -0.39 is 5.97 Å². The van der Waals surface area contributed by atoms with E-state index in [1.807, 2.05) is 0 Å². The van der Waals surface area contributed by atoms with E-state index in [1.165, 1.54) is 0 Å². The Morgan fingerprint density at radius 3 is 2.93 bits per heavy atom. The van der Waals surface area contributed by atoms with Crippen LogP contribution in [0.25, 0.3) is 10.9 Å². The van der Waals surface area contributed by atoms with E-state index in [4.69, 9.17) is 16.7 Å². The van der Waals surface area contributed by atoms with Gasteiger partial charge in [-0.05, 0) is 34.7 Å². The molecule has 0 unspecified atom stereocenters. The van der Waals surface area contributed by atoms with Crippen molar-refractivity contribution in [1.82, 2.24) is 10.2 Å². The number of carboxylic acid groups (broad SMARTS) is 1. The molecule has 0 aliphatic heterocycles. The van der Waals surface area contributed by atoms with Crippen LogP contribution in [-0.4, -0.2) is 21.3 Å². The number of nitrogens with zero attached hydrogens (tertiary/aromatic N) is 1. The monoisotopic (exact) mass is 322 g/mol. The highest BCUT2D eigenvalue weighted by atomic mass is 127. The lowest BCUT2D eigenvalue weighted by Crippen LogP contribution is -1.97. The van der Waals surface area contributed by atoms with E-state index in [1.54, 1.807) is 12.1 Å². The Labute approximate surface area is 97.4 Å². The zero-order chi connectivity index (χ0) is 10.3. The summed E-state index contributed by atoms with van der Waals surface area (Å²) < 4.78 is 0.931. The van der Waals surface area contributed by atoms with E-state index in [-0.39, 0.29) is 5.69 Å². The number of carbonyl (C=O) groups is 1. The van der Waals surface area contributed by atoms with Crippen molar-refractivity contribution in [2.75, 3.05) is 0 Å². The van der Waals surface area contributed by atoms with Gasteiger partial charge in [0.2, 0.25) is 0 Å². The summed E-state index contributed by atoms with van der Waals surface area (Å²) in [6, 6.07) is 3.49. The van der Waals surface area contributed by atoms with Crippen molar-refractivity contribution in [3.8, 4) is 0 Å². The normalized spacial score (nSPS) is 10.7. The van der Waals surface area contributed by atoms with Crippen molar-refractivity contribution in [3.63, 3.8) is 0 Å². The fourth-order valence-electron chi connectivity index (χ4n) is 1.23. The molecule has 14 heavy (non-hydrogen) atoms. The van der Waals surface area contributed by atoms with Crippen LogP contribution in [0.3, 0.4) is 0 Å². The van der Waals surface area contributed by atoms with Gasteiger partial charge in [0.1, 0.15) is 0 Å². The minimum atomic E-state index is -1.08. The topological polar surface area (TPSA) is 66.0 Å². The van der Waals surface area contributed by atoms with Crippen LogP contribution < -0.4 is 0 Å². The van der Waals surface area contributed by atoms with Gasteiger partial charge in [-0.15, -0.1) is 0 Å². The first kappa shape index (κ1) is 9.72. The van der Waals surface area contributed by atoms with Gasteiger partial charge >= 0.3 is 5.97 Å². The summed E-state index contributed by atoms with van der Waals surface area (Å²) in [5.74, 6) is -1.08. The molecule has 0 bridgehead atoms. The largest absolute Gasteiger partial charge is 0.476 e. The zero-order valence-electron chi connectivity index (χ0n) is 6.71. The van der Waals surface area contributed by atoms with Crippen molar-refractivity contribution in [1.29, 1.82) is 0 Å². The van der Waals surface area contributed by atoms with Gasteiger partial charge < -0.3 is 5.11 Å². The first-order valence-corrected chi connectivity index (χ1v) is 5.11. The molecule has 0 fully saturated rings. The van der Waals surface area contributed by atoms with Crippen LogP contribution in [0.2, 0.25) is 5.02 Å². The number of rotatable bonds is 1. The third kappa shape index (κ3) is 1.46. The first-order chi connectivity index (χ1) is 6.59. The molecule has 0 aliphatic carbocycles. The number of hydrogen-bond acceptors (Lipinski definition) is 2. The highest BCUT2D eigenvalue weighted by molar-refractivity contribution is 14.1. The predicted molar refractivity (Wildman–Crippen MR) is 60.8 cm³/mol. The second-order valence-corrected chi connectivity index (χ2v) is 4.34. The molecule has 1 aromatic heterocycles. The fourth-order valence-corrected chi connectivity index (χ4v) is 2.34. The number of carboxylic acids is 1. The van der Waals surface area contributed by atoms with E-state index in [0.717, 1.165) is 3.57 Å². The van der Waals surface area contributed by atoms with Gasteiger partial charge in [-0.25, -0.2) is 4.79 Å². The van der Waals surface area contributed by atoms with E-state index in [0.29, 0.717) is 15.9 Å². The molecule has 72 valence electrons. The number of aromatic carboxylic acids is 1. The van der Waals surface area contributed by atoms with Crippen LogP contribution in [0, 0.1) is 3.57 Å². The maximum Gasteiger partial charge on any atom is 0.357 e. The second kappa shape index (κ2) is 3.39. The molecule has 6 heteroatoms. The smallest absolute Gasteiger partial charge is 0.357 e. The van der Waals surface area contributed by atoms with Gasteiger partial charge in [0.05, 0.1) is 15.9 Å². The Kier molecular flexibility index (Phi) is 2.36. The van der Waals surface area contributed by atoms with Gasteiger partial charge in [0.25, 0.3) is 0 Å². The fraction of sp³-hybridized carbons (Fsp3) is 0. The summed E-state index contributed by atoms with van der Waals surface area (Å²) in [6.07, 6.45) is 0. The molecule has 1 heterocycles. The minimum Gasteiger partial charge on any atom is -0.476 e. The number of benzene rings is 1. The first-order valence-electron chi connectivity index (χ1n) is 3.66. The average molecular weight is 322 g/mol. The number of nitrogens with one attached hydrogen (secondary N) is 1. The molecule has 0 radical (unpaired) electrons. The van der Waals surface area contributed by atoms with Gasteiger partial charge in [-0.1, -0.05) is 11.6 Å². The molecule has 4 nitrogen and oxygen atoms in total.